The van der Waals surface area contributed by atoms with E-state index in [1.54, 1.807) is 29.5 Å². The van der Waals surface area contributed by atoms with Gasteiger partial charge in [-0.1, -0.05) is 32.5 Å². The van der Waals surface area contributed by atoms with Crippen LogP contribution in [0.3, 0.4) is 0 Å². The number of nitrogen functional groups attached to an aromatic ring is 1. The van der Waals surface area contributed by atoms with Crippen LogP contribution in [0.5, 0.6) is 0 Å². The molecule has 0 aliphatic rings. The SMILES string of the molecule is C.CC(C)NC(=O)Cn1cc(-c2nc([C@@](C)(c3ccc(-c4cnc(N)nc4)nc3)C(C)C)no2)cn1. The van der Waals surface area contributed by atoms with Gasteiger partial charge in [0.1, 0.15) is 6.54 Å². The standard InChI is InChI=1S/C24H29N9O2.CH4/c1-14(2)24(5,18-6-7-19(26-11-18)16-8-27-23(25)28-9-16)22-31-21(35-32-22)17-10-29-33(12-17)13-20(34)30-15(3)4;/h6-12,14-15H,13H2,1-5H3,(H,30,34)(H2,25,27,28);1H4/t24-;/m1./s1. The fourth-order valence-electron chi connectivity index (χ4n) is 3.69. The molecule has 1 atom stereocenters. The molecule has 0 radical (unpaired) electrons. The van der Waals surface area contributed by atoms with Gasteiger partial charge in [-0.15, -0.1) is 0 Å². The molecule has 0 bridgehead atoms. The quantitative estimate of drug-likeness (QED) is 0.377. The van der Waals surface area contributed by atoms with E-state index in [4.69, 9.17) is 10.3 Å². The number of pyridine rings is 1. The highest BCUT2D eigenvalue weighted by molar-refractivity contribution is 5.76. The average Bonchev–Trinajstić information content (AvgIpc) is 3.48. The normalized spacial score (nSPS) is 12.9. The smallest absolute Gasteiger partial charge is 0.261 e. The monoisotopic (exact) mass is 491 g/mol. The molecule has 0 saturated heterocycles. The lowest BCUT2D eigenvalue weighted by Crippen LogP contribution is -2.33. The first-order valence-corrected chi connectivity index (χ1v) is 11.4. The van der Waals surface area contributed by atoms with Crippen LogP contribution >= 0.6 is 0 Å². The molecule has 4 heterocycles. The summed E-state index contributed by atoms with van der Waals surface area (Å²) >= 11 is 0. The summed E-state index contributed by atoms with van der Waals surface area (Å²) in [5.74, 6) is 1.12. The van der Waals surface area contributed by atoms with Crippen molar-refractivity contribution >= 4 is 11.9 Å². The van der Waals surface area contributed by atoms with Gasteiger partial charge in [0.25, 0.3) is 5.89 Å². The van der Waals surface area contributed by atoms with Gasteiger partial charge in [0.2, 0.25) is 11.9 Å². The van der Waals surface area contributed by atoms with E-state index in [-0.39, 0.29) is 37.8 Å². The third kappa shape index (κ3) is 5.40. The maximum atomic E-state index is 12.0. The number of nitrogens with two attached hydrogens (primary N) is 1. The molecule has 0 aromatic carbocycles. The van der Waals surface area contributed by atoms with Crippen LogP contribution in [0.15, 0.2) is 47.6 Å². The summed E-state index contributed by atoms with van der Waals surface area (Å²) in [7, 11) is 0. The molecule has 1 amide bonds. The first-order valence-electron chi connectivity index (χ1n) is 11.4. The molecule has 0 fully saturated rings. The molecular formula is C25H33N9O2. The fourth-order valence-corrected chi connectivity index (χ4v) is 3.69. The number of rotatable bonds is 8. The Labute approximate surface area is 210 Å². The molecule has 11 heteroatoms. The number of aromatic nitrogens is 7. The summed E-state index contributed by atoms with van der Waals surface area (Å²) in [6.07, 6.45) is 8.42. The summed E-state index contributed by atoms with van der Waals surface area (Å²) in [4.78, 5) is 29.4. The van der Waals surface area contributed by atoms with E-state index in [1.165, 1.54) is 0 Å². The lowest BCUT2D eigenvalue weighted by atomic mass is 9.73. The minimum atomic E-state index is -0.557. The Hall–Kier alpha value is -4.15. The number of carbonyl (C=O) groups is 1. The van der Waals surface area contributed by atoms with Crippen molar-refractivity contribution < 1.29 is 9.32 Å². The molecular weight excluding hydrogens is 458 g/mol. The van der Waals surface area contributed by atoms with E-state index >= 15 is 0 Å². The number of carbonyl (C=O) groups excluding carboxylic acids is 1. The van der Waals surface area contributed by atoms with E-state index in [0.717, 1.165) is 16.8 Å². The second kappa shape index (κ2) is 10.6. The van der Waals surface area contributed by atoms with E-state index in [9.17, 15) is 4.79 Å². The molecule has 0 aliphatic heterocycles. The van der Waals surface area contributed by atoms with E-state index in [2.05, 4.69) is 56.3 Å². The Morgan fingerprint density at radius 3 is 2.42 bits per heavy atom. The summed E-state index contributed by atoms with van der Waals surface area (Å²) in [5.41, 5.74) is 8.12. The van der Waals surface area contributed by atoms with Crippen molar-refractivity contribution in [1.29, 1.82) is 0 Å². The van der Waals surface area contributed by atoms with Crippen molar-refractivity contribution in [3.8, 4) is 22.7 Å². The summed E-state index contributed by atoms with van der Waals surface area (Å²) in [5, 5.41) is 11.4. The minimum absolute atomic E-state index is 0. The Balaban J connectivity index is 0.00000361. The Bertz CT molecular complexity index is 1290. The van der Waals surface area contributed by atoms with Crippen molar-refractivity contribution in [2.24, 2.45) is 5.92 Å². The second-order valence-corrected chi connectivity index (χ2v) is 9.19. The molecule has 0 saturated carbocycles. The van der Waals surface area contributed by atoms with Crippen LogP contribution in [-0.4, -0.2) is 46.8 Å². The van der Waals surface area contributed by atoms with Crippen LogP contribution in [0.2, 0.25) is 0 Å². The maximum Gasteiger partial charge on any atom is 0.261 e. The predicted molar refractivity (Wildman–Crippen MR) is 136 cm³/mol. The lowest BCUT2D eigenvalue weighted by molar-refractivity contribution is -0.122. The van der Waals surface area contributed by atoms with E-state index in [1.807, 2.05) is 32.2 Å². The van der Waals surface area contributed by atoms with Crippen LogP contribution in [0.4, 0.5) is 5.95 Å². The van der Waals surface area contributed by atoms with Crippen molar-refractivity contribution in [2.75, 3.05) is 5.73 Å². The Morgan fingerprint density at radius 2 is 1.81 bits per heavy atom. The number of nitrogens with zero attached hydrogens (tertiary/aromatic N) is 7. The topological polar surface area (TPSA) is 151 Å². The van der Waals surface area contributed by atoms with Gasteiger partial charge < -0.3 is 15.6 Å². The van der Waals surface area contributed by atoms with Crippen LogP contribution in [0.25, 0.3) is 22.7 Å². The number of hydrogen-bond donors (Lipinski definition) is 2. The fraction of sp³-hybridized carbons (Fsp3) is 0.400. The van der Waals surface area contributed by atoms with Gasteiger partial charge in [0.15, 0.2) is 5.82 Å². The second-order valence-electron chi connectivity index (χ2n) is 9.19. The zero-order valence-corrected chi connectivity index (χ0v) is 20.4. The van der Waals surface area contributed by atoms with Gasteiger partial charge in [-0.3, -0.25) is 14.5 Å². The van der Waals surface area contributed by atoms with Crippen molar-refractivity contribution in [3.05, 3.63) is 54.5 Å². The molecule has 4 aromatic heterocycles. The molecule has 0 aliphatic carbocycles. The summed E-state index contributed by atoms with van der Waals surface area (Å²) in [6.45, 7) is 10.2. The molecule has 3 N–H and O–H groups in total. The number of hydrogen-bond acceptors (Lipinski definition) is 9. The molecule has 0 spiro atoms. The summed E-state index contributed by atoms with van der Waals surface area (Å²) < 4.78 is 7.14. The first-order chi connectivity index (χ1) is 16.7. The van der Waals surface area contributed by atoms with Crippen molar-refractivity contribution in [1.82, 2.24) is 40.2 Å². The third-order valence-electron chi connectivity index (χ3n) is 6.01. The van der Waals surface area contributed by atoms with Crippen LogP contribution in [0, 0.1) is 5.92 Å². The highest BCUT2D eigenvalue weighted by Gasteiger charge is 2.38. The first kappa shape index (κ1) is 26.5. The van der Waals surface area contributed by atoms with Gasteiger partial charge in [0.05, 0.1) is 22.9 Å². The highest BCUT2D eigenvalue weighted by Crippen LogP contribution is 2.38. The zero-order valence-electron chi connectivity index (χ0n) is 20.4. The number of anilines is 1. The Morgan fingerprint density at radius 1 is 1.08 bits per heavy atom. The van der Waals surface area contributed by atoms with Crippen molar-refractivity contribution in [3.63, 3.8) is 0 Å². The predicted octanol–water partition coefficient (Wildman–Crippen LogP) is 3.49. The van der Waals surface area contributed by atoms with E-state index in [0.29, 0.717) is 17.3 Å². The number of amides is 1. The molecule has 11 nitrogen and oxygen atoms in total. The zero-order chi connectivity index (χ0) is 25.2. The maximum absolute atomic E-state index is 12.0. The minimum Gasteiger partial charge on any atom is -0.368 e. The highest BCUT2D eigenvalue weighted by atomic mass is 16.5. The Kier molecular flexibility index (Phi) is 7.81. The molecule has 4 rings (SSSR count). The largest absolute Gasteiger partial charge is 0.368 e. The van der Waals surface area contributed by atoms with Gasteiger partial charge in [-0.05, 0) is 38.3 Å². The van der Waals surface area contributed by atoms with Crippen LogP contribution in [-0.2, 0) is 16.8 Å². The average molecular weight is 492 g/mol. The van der Waals surface area contributed by atoms with Crippen LogP contribution in [0.1, 0.15) is 53.4 Å². The molecule has 4 aromatic rings. The summed E-state index contributed by atoms with van der Waals surface area (Å²) in [6, 6.07) is 3.98. The van der Waals surface area contributed by atoms with Gasteiger partial charge in [-0.2, -0.15) is 10.1 Å². The lowest BCUT2D eigenvalue weighted by Gasteiger charge is -2.30. The van der Waals surface area contributed by atoms with Gasteiger partial charge in [-0.25, -0.2) is 9.97 Å². The number of nitrogens with one attached hydrogen (secondary N) is 1. The van der Waals surface area contributed by atoms with Crippen LogP contribution < -0.4 is 11.1 Å². The van der Waals surface area contributed by atoms with E-state index < -0.39 is 5.41 Å². The molecule has 0 unspecified atom stereocenters. The van der Waals surface area contributed by atoms with Gasteiger partial charge in [0, 0.05) is 36.4 Å². The van der Waals surface area contributed by atoms with Gasteiger partial charge >= 0.3 is 0 Å². The van der Waals surface area contributed by atoms with Crippen molar-refractivity contribution in [2.45, 2.75) is 60.0 Å². The third-order valence-corrected chi connectivity index (χ3v) is 6.01. The molecule has 190 valence electrons. The molecule has 36 heavy (non-hydrogen) atoms.